The number of carbonyl (C=O) groups is 1. The molecule has 2 N–H and O–H groups in total. The Morgan fingerprint density at radius 1 is 1.12 bits per heavy atom. The van der Waals surface area contributed by atoms with Gasteiger partial charge in [-0.05, 0) is 42.5 Å². The van der Waals surface area contributed by atoms with Gasteiger partial charge in [0.15, 0.2) is 5.11 Å². The van der Waals surface area contributed by atoms with Crippen molar-refractivity contribution in [3.63, 3.8) is 0 Å². The van der Waals surface area contributed by atoms with Gasteiger partial charge in [0.2, 0.25) is 0 Å². The summed E-state index contributed by atoms with van der Waals surface area (Å²) in [5.41, 5.74) is 2.69. The topological polar surface area (TPSA) is 46.3 Å². The molecule has 25 heavy (non-hydrogen) atoms. The predicted molar refractivity (Wildman–Crippen MR) is 86.4 cm³/mol. The van der Waals surface area contributed by atoms with Gasteiger partial charge in [-0.2, -0.15) is 13.2 Å². The van der Waals surface area contributed by atoms with Crippen molar-refractivity contribution in [3.8, 4) is 0 Å². The van der Waals surface area contributed by atoms with Crippen molar-refractivity contribution in [2.24, 2.45) is 5.73 Å². The van der Waals surface area contributed by atoms with E-state index in [9.17, 15) is 26.7 Å². The molecule has 0 unspecified atom stereocenters. The predicted octanol–water partition coefficient (Wildman–Crippen LogP) is 4.53. The van der Waals surface area contributed by atoms with Crippen LogP contribution in [0.15, 0.2) is 36.4 Å². The molecule has 3 nitrogen and oxygen atoms in total. The maximum atomic E-state index is 13.8. The zero-order valence-electron chi connectivity index (χ0n) is 12.1. The molecule has 0 spiro atoms. The Kier molecular flexibility index (Phi) is 5.28. The second-order valence-corrected chi connectivity index (χ2v) is 5.56. The lowest BCUT2D eigenvalue weighted by atomic mass is 10.1. The molecule has 0 atom stereocenters. The molecular formula is C15H8ClF5N2OS. The lowest BCUT2D eigenvalue weighted by Crippen LogP contribution is -2.41. The van der Waals surface area contributed by atoms with Gasteiger partial charge in [0.1, 0.15) is 17.2 Å². The fourth-order valence-electron chi connectivity index (χ4n) is 2.03. The van der Waals surface area contributed by atoms with Crippen LogP contribution in [0.1, 0.15) is 15.9 Å². The average molecular weight is 395 g/mol. The molecule has 2 rings (SSSR count). The summed E-state index contributed by atoms with van der Waals surface area (Å²) in [6.07, 6.45) is -4.82. The summed E-state index contributed by atoms with van der Waals surface area (Å²) >= 11 is 10.2. The molecule has 2 aromatic carbocycles. The molecule has 0 saturated heterocycles. The highest BCUT2D eigenvalue weighted by molar-refractivity contribution is 7.80. The number of amides is 1. The van der Waals surface area contributed by atoms with E-state index >= 15 is 0 Å². The Balaban J connectivity index is 2.60. The number of benzene rings is 2. The highest BCUT2D eigenvalue weighted by atomic mass is 35.5. The van der Waals surface area contributed by atoms with Crippen LogP contribution in [-0.4, -0.2) is 11.0 Å². The SMILES string of the molecule is NC(=S)N(C(=O)c1c(F)cccc1F)c1ccc(Cl)c(C(F)(F)F)c1. The van der Waals surface area contributed by atoms with E-state index < -0.39 is 50.7 Å². The number of thiocarbonyl (C=S) groups is 1. The maximum absolute atomic E-state index is 13.8. The van der Waals surface area contributed by atoms with Crippen LogP contribution in [0.4, 0.5) is 27.6 Å². The molecule has 132 valence electrons. The number of hydrogen-bond acceptors (Lipinski definition) is 2. The molecule has 0 aromatic heterocycles. The van der Waals surface area contributed by atoms with E-state index in [4.69, 9.17) is 17.3 Å². The molecule has 0 bridgehead atoms. The Labute approximate surface area is 148 Å². The summed E-state index contributed by atoms with van der Waals surface area (Å²) < 4.78 is 66.5. The summed E-state index contributed by atoms with van der Waals surface area (Å²) in [4.78, 5) is 12.8. The van der Waals surface area contributed by atoms with Gasteiger partial charge in [-0.25, -0.2) is 8.78 Å². The number of nitrogens with two attached hydrogens (primary N) is 1. The van der Waals surface area contributed by atoms with Crippen LogP contribution in [0, 0.1) is 11.6 Å². The van der Waals surface area contributed by atoms with Gasteiger partial charge < -0.3 is 5.73 Å². The van der Waals surface area contributed by atoms with Gasteiger partial charge in [0.05, 0.1) is 16.3 Å². The van der Waals surface area contributed by atoms with Crippen LogP contribution in [0.3, 0.4) is 0 Å². The van der Waals surface area contributed by atoms with Gasteiger partial charge in [-0.15, -0.1) is 0 Å². The average Bonchev–Trinajstić information content (AvgIpc) is 2.47. The van der Waals surface area contributed by atoms with E-state index in [1.165, 1.54) is 0 Å². The van der Waals surface area contributed by atoms with E-state index in [0.29, 0.717) is 11.0 Å². The van der Waals surface area contributed by atoms with Gasteiger partial charge in [0, 0.05) is 0 Å². The van der Waals surface area contributed by atoms with Crippen LogP contribution in [0.25, 0.3) is 0 Å². The van der Waals surface area contributed by atoms with Crippen molar-refractivity contribution < 1.29 is 26.7 Å². The van der Waals surface area contributed by atoms with Crippen LogP contribution < -0.4 is 10.6 Å². The molecule has 0 saturated carbocycles. The number of rotatable bonds is 2. The molecule has 0 fully saturated rings. The Hall–Kier alpha value is -2.26. The Bertz CT molecular complexity index is 836. The molecule has 0 aliphatic rings. The monoisotopic (exact) mass is 394 g/mol. The van der Waals surface area contributed by atoms with Crippen molar-refractivity contribution in [3.05, 3.63) is 64.2 Å². The largest absolute Gasteiger partial charge is 0.417 e. The molecule has 0 aliphatic carbocycles. The van der Waals surface area contributed by atoms with Crippen molar-refractivity contribution in [1.29, 1.82) is 0 Å². The fraction of sp³-hybridized carbons (Fsp3) is 0.0667. The maximum Gasteiger partial charge on any atom is 0.417 e. The first-order valence-electron chi connectivity index (χ1n) is 6.48. The first kappa shape index (κ1) is 19.1. The number of alkyl halides is 3. The molecule has 0 radical (unpaired) electrons. The second-order valence-electron chi connectivity index (χ2n) is 4.74. The third kappa shape index (κ3) is 3.88. The molecular weight excluding hydrogens is 387 g/mol. The van der Waals surface area contributed by atoms with Crippen molar-refractivity contribution in [2.75, 3.05) is 4.90 Å². The zero-order valence-corrected chi connectivity index (χ0v) is 13.6. The van der Waals surface area contributed by atoms with Crippen molar-refractivity contribution >= 4 is 40.5 Å². The van der Waals surface area contributed by atoms with Crippen LogP contribution >= 0.6 is 23.8 Å². The minimum absolute atomic E-state index is 0.391. The summed E-state index contributed by atoms with van der Waals surface area (Å²) in [5.74, 6) is -3.77. The van der Waals surface area contributed by atoms with Gasteiger partial charge in [-0.1, -0.05) is 17.7 Å². The first-order chi connectivity index (χ1) is 11.5. The minimum Gasteiger partial charge on any atom is -0.376 e. The molecule has 2 aromatic rings. The van der Waals surface area contributed by atoms with Gasteiger partial charge in [-0.3, -0.25) is 9.69 Å². The van der Waals surface area contributed by atoms with Crippen molar-refractivity contribution in [1.82, 2.24) is 0 Å². The zero-order chi connectivity index (χ0) is 18.9. The number of nitrogens with zero attached hydrogens (tertiary/aromatic N) is 1. The number of anilines is 1. The standard InChI is InChI=1S/C15H8ClF5N2OS/c16-9-5-4-7(6-8(9)15(19,20)21)23(14(22)25)13(24)12-10(17)2-1-3-11(12)18/h1-6H,(H2,22,25). The van der Waals surface area contributed by atoms with Gasteiger partial charge >= 0.3 is 6.18 Å². The Morgan fingerprint density at radius 2 is 1.68 bits per heavy atom. The van der Waals surface area contributed by atoms with Crippen LogP contribution in [0.2, 0.25) is 5.02 Å². The van der Waals surface area contributed by atoms with E-state index in [0.717, 1.165) is 30.3 Å². The molecule has 0 heterocycles. The Morgan fingerprint density at radius 3 is 2.16 bits per heavy atom. The fourth-order valence-corrected chi connectivity index (χ4v) is 2.44. The highest BCUT2D eigenvalue weighted by Crippen LogP contribution is 2.37. The number of hydrogen-bond donors (Lipinski definition) is 1. The first-order valence-corrected chi connectivity index (χ1v) is 7.27. The van der Waals surface area contributed by atoms with Crippen LogP contribution in [-0.2, 0) is 6.18 Å². The summed E-state index contributed by atoms with van der Waals surface area (Å²) in [7, 11) is 0. The second kappa shape index (κ2) is 6.93. The van der Waals surface area contributed by atoms with Crippen LogP contribution in [0.5, 0.6) is 0 Å². The quantitative estimate of drug-likeness (QED) is 0.601. The number of carbonyl (C=O) groups excluding carboxylic acids is 1. The summed E-state index contributed by atoms with van der Waals surface area (Å²) in [6.45, 7) is 0. The van der Waals surface area contributed by atoms with E-state index in [1.807, 2.05) is 0 Å². The summed E-state index contributed by atoms with van der Waals surface area (Å²) in [6, 6.07) is 5.06. The van der Waals surface area contributed by atoms with Gasteiger partial charge in [0.25, 0.3) is 5.91 Å². The third-order valence-electron chi connectivity index (χ3n) is 3.11. The molecule has 10 heteroatoms. The molecule has 0 aliphatic heterocycles. The summed E-state index contributed by atoms with van der Waals surface area (Å²) in [5, 5.41) is -1.31. The normalized spacial score (nSPS) is 11.3. The number of halogens is 6. The lowest BCUT2D eigenvalue weighted by Gasteiger charge is -2.22. The van der Waals surface area contributed by atoms with E-state index in [1.54, 1.807) is 0 Å². The molecule has 1 amide bonds. The van der Waals surface area contributed by atoms with Crippen molar-refractivity contribution in [2.45, 2.75) is 6.18 Å². The smallest absolute Gasteiger partial charge is 0.376 e. The third-order valence-corrected chi connectivity index (χ3v) is 3.63. The minimum atomic E-state index is -4.82. The van der Waals surface area contributed by atoms with E-state index in [2.05, 4.69) is 12.2 Å². The lowest BCUT2D eigenvalue weighted by molar-refractivity contribution is -0.137. The highest BCUT2D eigenvalue weighted by Gasteiger charge is 2.35. The van der Waals surface area contributed by atoms with E-state index in [-0.39, 0.29) is 0 Å².